The molecule has 0 fully saturated rings. The highest BCUT2D eigenvalue weighted by Crippen LogP contribution is 2.14. The minimum Gasteiger partial charge on any atom is -0.490 e. The average Bonchev–Trinajstić information content (AvgIpc) is 3.14. The van der Waals surface area contributed by atoms with Crippen LogP contribution in [0.25, 0.3) is 0 Å². The molecule has 0 N–H and O–H groups in total. The van der Waals surface area contributed by atoms with Gasteiger partial charge < -0.3 is 14.0 Å². The summed E-state index contributed by atoms with van der Waals surface area (Å²) in [6.45, 7) is 0.688. The molecule has 0 aliphatic heterocycles. The molecule has 128 valence electrons. The summed E-state index contributed by atoms with van der Waals surface area (Å²) in [5.41, 5.74) is 0.444. The number of carbonyl (C=O) groups is 1. The Bertz CT molecular complexity index is 789. The summed E-state index contributed by atoms with van der Waals surface area (Å²) < 4.78 is 13.2. The minimum absolute atomic E-state index is 0.238. The van der Waals surface area contributed by atoms with E-state index >= 15 is 0 Å². The quantitative estimate of drug-likeness (QED) is 0.603. The van der Waals surface area contributed by atoms with Crippen LogP contribution in [0.4, 0.5) is 0 Å². The molecule has 2 aromatic carbocycles. The van der Waals surface area contributed by atoms with E-state index in [-0.39, 0.29) is 6.61 Å². The van der Waals surface area contributed by atoms with Crippen molar-refractivity contribution in [3.63, 3.8) is 0 Å². The van der Waals surface area contributed by atoms with Crippen LogP contribution in [-0.4, -0.2) is 28.2 Å². The van der Waals surface area contributed by atoms with Gasteiger partial charge in [0, 0.05) is 17.4 Å². The number of hydrogen-bond acceptors (Lipinski definition) is 4. The fourth-order valence-corrected chi connectivity index (χ4v) is 2.39. The van der Waals surface area contributed by atoms with E-state index in [2.05, 4.69) is 4.98 Å². The molecule has 5 nitrogen and oxygen atoms in total. The normalized spacial score (nSPS) is 11.7. The third kappa shape index (κ3) is 5.09. The van der Waals surface area contributed by atoms with Crippen molar-refractivity contribution in [1.29, 1.82) is 0 Å². The van der Waals surface area contributed by atoms with E-state index in [1.165, 1.54) is 0 Å². The molecule has 0 bridgehead atoms. The number of imidazole rings is 1. The largest absolute Gasteiger partial charge is 0.490 e. The highest BCUT2D eigenvalue weighted by Gasteiger charge is 2.18. The van der Waals surface area contributed by atoms with Crippen LogP contribution in [0.5, 0.6) is 5.75 Å². The number of nitrogens with zero attached hydrogens (tertiary/aromatic N) is 2. The van der Waals surface area contributed by atoms with Gasteiger partial charge in [-0.2, -0.15) is 0 Å². The average molecular weight is 357 g/mol. The maximum absolute atomic E-state index is 12.4. The first kappa shape index (κ1) is 17.0. The maximum Gasteiger partial charge on any atom is 0.338 e. The van der Waals surface area contributed by atoms with Crippen molar-refractivity contribution in [2.45, 2.75) is 12.6 Å². The van der Waals surface area contributed by atoms with Crippen LogP contribution in [0.2, 0.25) is 5.02 Å². The Morgan fingerprint density at radius 1 is 1.12 bits per heavy atom. The lowest BCUT2D eigenvalue weighted by Gasteiger charge is -2.19. The first-order chi connectivity index (χ1) is 12.2. The third-order valence-corrected chi connectivity index (χ3v) is 3.76. The molecule has 0 aliphatic rings. The van der Waals surface area contributed by atoms with Gasteiger partial charge in [-0.15, -0.1) is 0 Å². The molecule has 0 aliphatic carbocycles. The SMILES string of the molecule is O=C(OC(COc1ccccc1)Cn1ccnc1)c1ccc(Cl)cc1. The van der Waals surface area contributed by atoms with Crippen LogP contribution in [0.1, 0.15) is 10.4 Å². The molecule has 6 heteroatoms. The highest BCUT2D eigenvalue weighted by molar-refractivity contribution is 6.30. The molecule has 1 heterocycles. The Balaban J connectivity index is 1.66. The summed E-state index contributed by atoms with van der Waals surface area (Å²) in [5, 5.41) is 0.568. The number of hydrogen-bond donors (Lipinski definition) is 0. The first-order valence-corrected chi connectivity index (χ1v) is 8.18. The Morgan fingerprint density at radius 2 is 1.88 bits per heavy atom. The molecule has 1 atom stereocenters. The maximum atomic E-state index is 12.4. The van der Waals surface area contributed by atoms with Crippen molar-refractivity contribution < 1.29 is 14.3 Å². The van der Waals surface area contributed by atoms with Gasteiger partial charge in [-0.1, -0.05) is 29.8 Å². The second kappa shape index (κ2) is 8.35. The molecular weight excluding hydrogens is 340 g/mol. The summed E-state index contributed by atoms with van der Waals surface area (Å²) in [6, 6.07) is 16.0. The Labute approximate surface area is 150 Å². The molecule has 1 aromatic heterocycles. The topological polar surface area (TPSA) is 53.4 Å². The molecule has 3 rings (SSSR count). The number of halogens is 1. The molecule has 0 radical (unpaired) electrons. The van der Waals surface area contributed by atoms with E-state index in [9.17, 15) is 4.79 Å². The molecule has 0 amide bonds. The predicted octanol–water partition coefficient (Wildman–Crippen LogP) is 3.84. The monoisotopic (exact) mass is 356 g/mol. The van der Waals surface area contributed by atoms with Crippen LogP contribution in [0.3, 0.4) is 0 Å². The van der Waals surface area contributed by atoms with Crippen molar-refractivity contribution in [3.05, 3.63) is 83.9 Å². The lowest BCUT2D eigenvalue weighted by atomic mass is 10.2. The summed E-state index contributed by atoms with van der Waals surface area (Å²) in [5.74, 6) is 0.305. The summed E-state index contributed by atoms with van der Waals surface area (Å²) >= 11 is 5.85. The van der Waals surface area contributed by atoms with E-state index in [4.69, 9.17) is 21.1 Å². The number of rotatable bonds is 7. The smallest absolute Gasteiger partial charge is 0.338 e. The van der Waals surface area contributed by atoms with Crippen LogP contribution in [-0.2, 0) is 11.3 Å². The van der Waals surface area contributed by atoms with Crippen LogP contribution in [0, 0.1) is 0 Å². The molecule has 3 aromatic rings. The zero-order valence-corrected chi connectivity index (χ0v) is 14.2. The van der Waals surface area contributed by atoms with Crippen molar-refractivity contribution in [2.24, 2.45) is 0 Å². The zero-order chi connectivity index (χ0) is 17.5. The lowest BCUT2D eigenvalue weighted by Crippen LogP contribution is -2.29. The second-order valence-electron chi connectivity index (χ2n) is 5.42. The highest BCUT2D eigenvalue weighted by atomic mass is 35.5. The predicted molar refractivity (Wildman–Crippen MR) is 94.8 cm³/mol. The molecule has 25 heavy (non-hydrogen) atoms. The van der Waals surface area contributed by atoms with Gasteiger partial charge in [-0.05, 0) is 36.4 Å². The molecular formula is C19H17ClN2O3. The van der Waals surface area contributed by atoms with Crippen molar-refractivity contribution in [2.75, 3.05) is 6.61 Å². The van der Waals surface area contributed by atoms with Gasteiger partial charge in [0.2, 0.25) is 0 Å². The van der Waals surface area contributed by atoms with E-state index in [1.54, 1.807) is 36.8 Å². The van der Waals surface area contributed by atoms with E-state index in [0.29, 0.717) is 17.1 Å². The van der Waals surface area contributed by atoms with Gasteiger partial charge >= 0.3 is 5.97 Å². The van der Waals surface area contributed by atoms with E-state index in [1.807, 2.05) is 41.1 Å². The fourth-order valence-electron chi connectivity index (χ4n) is 2.27. The molecule has 0 spiro atoms. The molecule has 1 unspecified atom stereocenters. The van der Waals surface area contributed by atoms with Crippen LogP contribution < -0.4 is 4.74 Å². The summed E-state index contributed by atoms with van der Waals surface area (Å²) in [4.78, 5) is 16.4. The van der Waals surface area contributed by atoms with Gasteiger partial charge in [0.25, 0.3) is 0 Å². The van der Waals surface area contributed by atoms with Gasteiger partial charge in [-0.3, -0.25) is 0 Å². The van der Waals surface area contributed by atoms with Gasteiger partial charge in [0.15, 0.2) is 6.10 Å². The van der Waals surface area contributed by atoms with Gasteiger partial charge in [0.1, 0.15) is 12.4 Å². The number of ether oxygens (including phenoxy) is 2. The van der Waals surface area contributed by atoms with E-state index in [0.717, 1.165) is 5.75 Å². The Hall–Kier alpha value is -2.79. The standard InChI is InChI=1S/C19H17ClN2O3/c20-16-8-6-15(7-9-16)19(23)25-18(12-22-11-10-21-14-22)13-24-17-4-2-1-3-5-17/h1-11,14,18H,12-13H2. The zero-order valence-electron chi connectivity index (χ0n) is 13.4. The minimum atomic E-state index is -0.461. The Morgan fingerprint density at radius 3 is 2.56 bits per heavy atom. The van der Waals surface area contributed by atoms with Crippen molar-refractivity contribution in [1.82, 2.24) is 9.55 Å². The van der Waals surface area contributed by atoms with Crippen molar-refractivity contribution in [3.8, 4) is 5.75 Å². The number of para-hydroxylation sites is 1. The Kier molecular flexibility index (Phi) is 5.69. The number of esters is 1. The lowest BCUT2D eigenvalue weighted by molar-refractivity contribution is 0.0125. The van der Waals surface area contributed by atoms with Gasteiger partial charge in [-0.25, -0.2) is 9.78 Å². The second-order valence-corrected chi connectivity index (χ2v) is 5.85. The van der Waals surface area contributed by atoms with Crippen LogP contribution >= 0.6 is 11.6 Å². The summed E-state index contributed by atoms with van der Waals surface area (Å²) in [7, 11) is 0. The summed E-state index contributed by atoms with van der Waals surface area (Å²) in [6.07, 6.45) is 4.70. The van der Waals surface area contributed by atoms with E-state index < -0.39 is 12.1 Å². The van der Waals surface area contributed by atoms with Gasteiger partial charge in [0.05, 0.1) is 18.4 Å². The fraction of sp³-hybridized carbons (Fsp3) is 0.158. The van der Waals surface area contributed by atoms with Crippen molar-refractivity contribution >= 4 is 17.6 Å². The third-order valence-electron chi connectivity index (χ3n) is 3.51. The number of benzene rings is 2. The first-order valence-electron chi connectivity index (χ1n) is 7.81. The van der Waals surface area contributed by atoms with Crippen LogP contribution in [0.15, 0.2) is 73.3 Å². The molecule has 0 saturated heterocycles. The number of carbonyl (C=O) groups excluding carboxylic acids is 1. The number of aromatic nitrogens is 2. The molecule has 0 saturated carbocycles.